The average molecular weight is 248 g/mol. The van der Waals surface area contributed by atoms with Crippen molar-refractivity contribution in [2.24, 2.45) is 5.92 Å². The molecule has 0 fully saturated rings. The van der Waals surface area contributed by atoms with Crippen molar-refractivity contribution in [2.75, 3.05) is 0 Å². The van der Waals surface area contributed by atoms with E-state index in [0.717, 1.165) is 6.42 Å². The van der Waals surface area contributed by atoms with Crippen LogP contribution in [0.4, 0.5) is 0 Å². The van der Waals surface area contributed by atoms with Crippen LogP contribution in [0.15, 0.2) is 0 Å². The van der Waals surface area contributed by atoms with Crippen LogP contribution in [0, 0.1) is 19.8 Å². The maximum absolute atomic E-state index is 3.68. The van der Waals surface area contributed by atoms with Crippen molar-refractivity contribution >= 4 is 46.1 Å². The molecule has 74 valence electrons. The molecule has 0 spiro atoms. The van der Waals surface area contributed by atoms with Gasteiger partial charge in [-0.15, -0.1) is 0 Å². The van der Waals surface area contributed by atoms with E-state index < -0.39 is 0 Å². The van der Waals surface area contributed by atoms with Gasteiger partial charge in [0.25, 0.3) is 0 Å². The fraction of sp³-hybridized carbons (Fsp3) is 0.778. The molecule has 0 saturated heterocycles. The second-order valence-electron chi connectivity index (χ2n) is 2.60. The molecule has 0 saturated carbocycles. The molecule has 0 heterocycles. The standard InChI is InChI=1S/C5H11.C4H9.2ClH.2Mg/c1-3-5-4-2;1-4(2)3;;;;/h1,3-5H2,2H3;4H,1H2,2-3H3;2*1H;;/q2*-1;;;2*+2/p-2. The van der Waals surface area contributed by atoms with Gasteiger partial charge in [-0.25, -0.2) is 0 Å². The summed E-state index contributed by atoms with van der Waals surface area (Å²) in [6.07, 6.45) is 3.65. The van der Waals surface area contributed by atoms with Gasteiger partial charge in [0.15, 0.2) is 0 Å². The third-order valence-corrected chi connectivity index (χ3v) is 0.604. The van der Waals surface area contributed by atoms with Crippen molar-refractivity contribution in [2.45, 2.75) is 40.0 Å². The summed E-state index contributed by atoms with van der Waals surface area (Å²) in [6.45, 7) is 13.6. The summed E-state index contributed by atoms with van der Waals surface area (Å²) in [5.74, 6) is 0.583. The Kier molecular flexibility index (Phi) is 103. The van der Waals surface area contributed by atoms with E-state index in [9.17, 15) is 0 Å². The van der Waals surface area contributed by atoms with Crippen molar-refractivity contribution in [1.29, 1.82) is 0 Å². The SMILES string of the molecule is [CH2-]C(C)C.[CH2-]CCCC.[Cl-].[Cl-].[Mg+2].[Mg+2]. The molecule has 0 amide bonds. The van der Waals surface area contributed by atoms with Crippen LogP contribution < -0.4 is 24.8 Å². The molecule has 0 radical (unpaired) electrons. The van der Waals surface area contributed by atoms with Gasteiger partial charge in [0.05, 0.1) is 0 Å². The zero-order valence-electron chi connectivity index (χ0n) is 9.28. The summed E-state index contributed by atoms with van der Waals surface area (Å²) in [5, 5.41) is 0. The van der Waals surface area contributed by atoms with Crippen LogP contribution in [0.2, 0.25) is 0 Å². The maximum atomic E-state index is 3.68. The van der Waals surface area contributed by atoms with Crippen LogP contribution in [0.3, 0.4) is 0 Å². The molecule has 0 aromatic heterocycles. The molecule has 13 heavy (non-hydrogen) atoms. The molecule has 0 aliphatic carbocycles. The Morgan fingerprint density at radius 1 is 1.08 bits per heavy atom. The summed E-state index contributed by atoms with van der Waals surface area (Å²) in [5.41, 5.74) is 0. The zero-order valence-corrected chi connectivity index (χ0v) is 13.6. The Morgan fingerprint density at radius 3 is 1.31 bits per heavy atom. The summed E-state index contributed by atoms with van der Waals surface area (Å²) in [7, 11) is 0. The number of hydrogen-bond acceptors (Lipinski definition) is 0. The quantitative estimate of drug-likeness (QED) is 0.355. The Hall–Kier alpha value is 2.11. The van der Waals surface area contributed by atoms with Crippen LogP contribution >= 0.6 is 0 Å². The van der Waals surface area contributed by atoms with Crippen LogP contribution in [0.25, 0.3) is 0 Å². The minimum Gasteiger partial charge on any atom is -1.00 e. The van der Waals surface area contributed by atoms with E-state index >= 15 is 0 Å². The smallest absolute Gasteiger partial charge is 1.00 e. The van der Waals surface area contributed by atoms with E-state index in [2.05, 4.69) is 34.6 Å². The molecular weight excluding hydrogens is 228 g/mol. The van der Waals surface area contributed by atoms with Gasteiger partial charge in [0.2, 0.25) is 0 Å². The maximum Gasteiger partial charge on any atom is 2.00 e. The van der Waals surface area contributed by atoms with Gasteiger partial charge < -0.3 is 38.7 Å². The van der Waals surface area contributed by atoms with Crippen LogP contribution in [-0.2, 0) is 0 Å². The summed E-state index contributed by atoms with van der Waals surface area (Å²) >= 11 is 0. The molecule has 0 aliphatic heterocycles. The summed E-state index contributed by atoms with van der Waals surface area (Å²) in [6, 6.07) is 0. The molecule has 0 unspecified atom stereocenters. The van der Waals surface area contributed by atoms with E-state index in [1.54, 1.807) is 0 Å². The van der Waals surface area contributed by atoms with E-state index in [1.165, 1.54) is 12.8 Å². The molecule has 0 aromatic rings. The normalized spacial score (nSPS) is 6.00. The Balaban J connectivity index is -0.0000000146. The largest absolute Gasteiger partial charge is 2.00 e. The topological polar surface area (TPSA) is 0 Å². The van der Waals surface area contributed by atoms with Crippen molar-refractivity contribution in [3.63, 3.8) is 0 Å². The Morgan fingerprint density at radius 2 is 1.31 bits per heavy atom. The number of rotatable bonds is 2. The van der Waals surface area contributed by atoms with Crippen LogP contribution in [0.5, 0.6) is 0 Å². The van der Waals surface area contributed by atoms with Gasteiger partial charge in [-0.05, 0) is 0 Å². The molecule has 0 nitrogen and oxygen atoms in total. The molecule has 0 aromatic carbocycles. The van der Waals surface area contributed by atoms with Gasteiger partial charge in [-0.3, -0.25) is 0 Å². The first-order valence-electron chi connectivity index (χ1n) is 3.77. The fourth-order valence-corrected chi connectivity index (χ4v) is 0.250. The predicted molar refractivity (Wildman–Crippen MR) is 56.6 cm³/mol. The second-order valence-corrected chi connectivity index (χ2v) is 2.60. The molecule has 4 heteroatoms. The van der Waals surface area contributed by atoms with Gasteiger partial charge in [0, 0.05) is 0 Å². The van der Waals surface area contributed by atoms with Crippen molar-refractivity contribution in [1.82, 2.24) is 0 Å². The molecule has 0 N–H and O–H groups in total. The molecule has 0 rings (SSSR count). The minimum absolute atomic E-state index is 0. The van der Waals surface area contributed by atoms with Crippen molar-refractivity contribution in [3.8, 4) is 0 Å². The Bertz CT molecular complexity index is 39.8. The van der Waals surface area contributed by atoms with Gasteiger partial charge in [-0.1, -0.05) is 33.6 Å². The van der Waals surface area contributed by atoms with Gasteiger partial charge >= 0.3 is 46.1 Å². The average Bonchev–Trinajstić information content (AvgIpc) is 1.66. The molecule has 0 aliphatic rings. The third-order valence-electron chi connectivity index (χ3n) is 0.604. The van der Waals surface area contributed by atoms with E-state index in [0.29, 0.717) is 5.92 Å². The van der Waals surface area contributed by atoms with Gasteiger partial charge in [0.1, 0.15) is 0 Å². The molecular formula is C9H20Cl2Mg2. The first kappa shape index (κ1) is 36.2. The number of unbranched alkanes of at least 4 members (excludes halogenated alkanes) is 2. The number of halogens is 2. The van der Waals surface area contributed by atoms with Crippen LogP contribution in [-0.4, -0.2) is 46.1 Å². The summed E-state index contributed by atoms with van der Waals surface area (Å²) < 4.78 is 0. The van der Waals surface area contributed by atoms with E-state index in [1.807, 2.05) is 0 Å². The molecule has 0 bridgehead atoms. The predicted octanol–water partition coefficient (Wildman–Crippen LogP) is -3.27. The summed E-state index contributed by atoms with van der Waals surface area (Å²) in [4.78, 5) is 0. The fourth-order valence-electron chi connectivity index (χ4n) is 0.250. The molecule has 0 atom stereocenters. The second kappa shape index (κ2) is 36.9. The first-order chi connectivity index (χ1) is 4.15. The third kappa shape index (κ3) is 122. The van der Waals surface area contributed by atoms with Crippen LogP contribution in [0.1, 0.15) is 40.0 Å². The monoisotopic (exact) mass is 246 g/mol. The van der Waals surface area contributed by atoms with Crippen molar-refractivity contribution in [3.05, 3.63) is 13.8 Å². The first-order valence-corrected chi connectivity index (χ1v) is 3.77. The van der Waals surface area contributed by atoms with Gasteiger partial charge in [-0.2, -0.15) is 12.3 Å². The van der Waals surface area contributed by atoms with Crippen molar-refractivity contribution < 1.29 is 24.8 Å². The van der Waals surface area contributed by atoms with E-state index in [4.69, 9.17) is 0 Å². The minimum atomic E-state index is 0. The zero-order chi connectivity index (χ0) is 7.70. The number of hydrogen-bond donors (Lipinski definition) is 0. The Labute approximate surface area is 130 Å². The van der Waals surface area contributed by atoms with E-state index in [-0.39, 0.29) is 70.9 Å².